The molecule has 0 amide bonds. The maximum absolute atomic E-state index is 5.52. The fourth-order valence-electron chi connectivity index (χ4n) is 2.89. The van der Waals surface area contributed by atoms with Crippen molar-refractivity contribution in [2.45, 2.75) is 32.6 Å². The van der Waals surface area contributed by atoms with E-state index < -0.39 is 0 Å². The summed E-state index contributed by atoms with van der Waals surface area (Å²) in [5, 5.41) is 0. The summed E-state index contributed by atoms with van der Waals surface area (Å²) in [6.07, 6.45) is 5.13. The van der Waals surface area contributed by atoms with Gasteiger partial charge in [0.05, 0.1) is 0 Å². The lowest BCUT2D eigenvalue weighted by Gasteiger charge is -2.36. The maximum Gasteiger partial charge on any atom is 0.0369 e. The van der Waals surface area contributed by atoms with Crippen molar-refractivity contribution < 1.29 is 0 Å². The third kappa shape index (κ3) is 4.80. The number of nitrogens with zero attached hydrogens (tertiary/aromatic N) is 2. The van der Waals surface area contributed by atoms with Crippen LogP contribution in [-0.4, -0.2) is 44.2 Å². The molecule has 2 rings (SSSR count). The molecule has 1 aliphatic rings. The molecule has 0 aliphatic carbocycles. The second-order valence-electron chi connectivity index (χ2n) is 5.87. The summed E-state index contributed by atoms with van der Waals surface area (Å²) in [5.41, 5.74) is 8.25. The van der Waals surface area contributed by atoms with Crippen LogP contribution in [0.15, 0.2) is 24.3 Å². The highest BCUT2D eigenvalue weighted by molar-refractivity contribution is 5.48. The van der Waals surface area contributed by atoms with Gasteiger partial charge < -0.3 is 10.6 Å². The van der Waals surface area contributed by atoms with E-state index in [1.165, 1.54) is 56.6 Å². The molecule has 0 atom stereocenters. The monoisotopic (exact) mass is 275 g/mol. The predicted molar refractivity (Wildman–Crippen MR) is 87.4 cm³/mol. The lowest BCUT2D eigenvalue weighted by atomic mass is 10.1. The average Bonchev–Trinajstić information content (AvgIpc) is 2.48. The predicted octanol–water partition coefficient (Wildman–Crippen LogP) is 2.64. The second kappa shape index (κ2) is 8.28. The molecule has 0 radical (unpaired) electrons. The van der Waals surface area contributed by atoms with E-state index in [0.29, 0.717) is 0 Å². The van der Waals surface area contributed by atoms with Crippen LogP contribution in [0.25, 0.3) is 0 Å². The molecule has 0 bridgehead atoms. The SMILES string of the molecule is Cc1cccc(N2CCN(CCCCCCN)CC2)c1. The summed E-state index contributed by atoms with van der Waals surface area (Å²) in [4.78, 5) is 5.12. The average molecular weight is 275 g/mol. The van der Waals surface area contributed by atoms with Crippen molar-refractivity contribution in [3.63, 3.8) is 0 Å². The summed E-state index contributed by atoms with van der Waals surface area (Å²) in [6, 6.07) is 8.85. The topological polar surface area (TPSA) is 32.5 Å². The third-order valence-corrected chi connectivity index (χ3v) is 4.17. The normalized spacial score (nSPS) is 16.6. The first kappa shape index (κ1) is 15.3. The minimum absolute atomic E-state index is 0.842. The van der Waals surface area contributed by atoms with E-state index in [4.69, 9.17) is 5.73 Å². The fourth-order valence-corrected chi connectivity index (χ4v) is 2.89. The highest BCUT2D eigenvalue weighted by Crippen LogP contribution is 2.18. The van der Waals surface area contributed by atoms with Crippen molar-refractivity contribution in [2.24, 2.45) is 5.73 Å². The molecule has 1 saturated heterocycles. The van der Waals surface area contributed by atoms with Crippen LogP contribution in [0.3, 0.4) is 0 Å². The molecule has 3 nitrogen and oxygen atoms in total. The van der Waals surface area contributed by atoms with E-state index in [0.717, 1.165) is 19.6 Å². The molecular weight excluding hydrogens is 246 g/mol. The van der Waals surface area contributed by atoms with E-state index in [-0.39, 0.29) is 0 Å². The molecule has 112 valence electrons. The number of anilines is 1. The Balaban J connectivity index is 1.67. The summed E-state index contributed by atoms with van der Waals surface area (Å²) in [5.74, 6) is 0. The van der Waals surface area contributed by atoms with Gasteiger partial charge in [0.15, 0.2) is 0 Å². The number of aryl methyl sites for hydroxylation is 1. The fraction of sp³-hybridized carbons (Fsp3) is 0.647. The Kier molecular flexibility index (Phi) is 6.34. The zero-order chi connectivity index (χ0) is 14.2. The van der Waals surface area contributed by atoms with Crippen LogP contribution >= 0.6 is 0 Å². The number of benzene rings is 1. The summed E-state index contributed by atoms with van der Waals surface area (Å²) in [6.45, 7) is 8.98. The molecule has 1 aliphatic heterocycles. The Morgan fingerprint density at radius 1 is 1.00 bits per heavy atom. The van der Waals surface area contributed by atoms with Crippen molar-refractivity contribution in [3.05, 3.63) is 29.8 Å². The van der Waals surface area contributed by atoms with Crippen molar-refractivity contribution in [1.29, 1.82) is 0 Å². The Labute approximate surface area is 123 Å². The molecule has 3 heteroatoms. The van der Waals surface area contributed by atoms with Crippen LogP contribution in [0.1, 0.15) is 31.2 Å². The first-order valence-electron chi connectivity index (χ1n) is 8.03. The van der Waals surface area contributed by atoms with Gasteiger partial charge in [0.2, 0.25) is 0 Å². The van der Waals surface area contributed by atoms with Crippen LogP contribution in [-0.2, 0) is 0 Å². The number of nitrogens with two attached hydrogens (primary N) is 1. The van der Waals surface area contributed by atoms with Crippen LogP contribution in [0.4, 0.5) is 5.69 Å². The Morgan fingerprint density at radius 2 is 1.75 bits per heavy atom. The molecule has 1 fully saturated rings. The van der Waals surface area contributed by atoms with E-state index in [1.807, 2.05) is 0 Å². The maximum atomic E-state index is 5.52. The van der Waals surface area contributed by atoms with Gasteiger partial charge in [0.1, 0.15) is 0 Å². The molecule has 1 aromatic carbocycles. The van der Waals surface area contributed by atoms with Crippen molar-refractivity contribution >= 4 is 5.69 Å². The molecule has 1 heterocycles. The quantitative estimate of drug-likeness (QED) is 0.777. The Bertz CT molecular complexity index is 384. The summed E-state index contributed by atoms with van der Waals surface area (Å²) in [7, 11) is 0. The molecule has 1 aromatic rings. The lowest BCUT2D eigenvalue weighted by Crippen LogP contribution is -2.46. The highest BCUT2D eigenvalue weighted by Gasteiger charge is 2.16. The minimum atomic E-state index is 0.842. The number of piperazine rings is 1. The van der Waals surface area contributed by atoms with Gasteiger partial charge >= 0.3 is 0 Å². The van der Waals surface area contributed by atoms with E-state index in [2.05, 4.69) is 41.0 Å². The molecule has 0 saturated carbocycles. The summed E-state index contributed by atoms with van der Waals surface area (Å²) < 4.78 is 0. The molecular formula is C17H29N3. The van der Waals surface area contributed by atoms with Crippen LogP contribution in [0.5, 0.6) is 0 Å². The first-order chi connectivity index (χ1) is 9.79. The molecule has 0 unspecified atom stereocenters. The zero-order valence-electron chi connectivity index (χ0n) is 12.9. The van der Waals surface area contributed by atoms with Crippen molar-refractivity contribution in [2.75, 3.05) is 44.2 Å². The molecule has 0 spiro atoms. The highest BCUT2D eigenvalue weighted by atomic mass is 15.3. The van der Waals surface area contributed by atoms with E-state index in [9.17, 15) is 0 Å². The number of rotatable bonds is 7. The first-order valence-corrected chi connectivity index (χ1v) is 8.03. The van der Waals surface area contributed by atoms with Crippen molar-refractivity contribution in [1.82, 2.24) is 4.90 Å². The second-order valence-corrected chi connectivity index (χ2v) is 5.87. The van der Waals surface area contributed by atoms with Crippen molar-refractivity contribution in [3.8, 4) is 0 Å². The van der Waals surface area contributed by atoms with Gasteiger partial charge in [0.25, 0.3) is 0 Å². The van der Waals surface area contributed by atoms with Gasteiger partial charge in [-0.1, -0.05) is 25.0 Å². The van der Waals surface area contributed by atoms with Crippen LogP contribution in [0, 0.1) is 6.92 Å². The van der Waals surface area contributed by atoms with Gasteiger partial charge in [-0.25, -0.2) is 0 Å². The van der Waals surface area contributed by atoms with Gasteiger partial charge in [-0.2, -0.15) is 0 Å². The van der Waals surface area contributed by atoms with Gasteiger partial charge in [-0.3, -0.25) is 4.90 Å². The number of hydrogen-bond acceptors (Lipinski definition) is 3. The molecule has 2 N–H and O–H groups in total. The smallest absolute Gasteiger partial charge is 0.0369 e. The molecule has 20 heavy (non-hydrogen) atoms. The van der Waals surface area contributed by atoms with Gasteiger partial charge in [-0.15, -0.1) is 0 Å². The Hall–Kier alpha value is -1.06. The largest absolute Gasteiger partial charge is 0.369 e. The van der Waals surface area contributed by atoms with Crippen LogP contribution < -0.4 is 10.6 Å². The third-order valence-electron chi connectivity index (χ3n) is 4.17. The summed E-state index contributed by atoms with van der Waals surface area (Å²) >= 11 is 0. The standard InChI is InChI=1S/C17H29N3/c1-16-7-6-8-17(15-16)20-13-11-19(12-14-20)10-5-3-2-4-9-18/h6-8,15H,2-5,9-14,18H2,1H3. The van der Waals surface area contributed by atoms with Gasteiger partial charge in [0, 0.05) is 31.9 Å². The number of hydrogen-bond donors (Lipinski definition) is 1. The zero-order valence-corrected chi connectivity index (χ0v) is 12.9. The molecule has 0 aromatic heterocycles. The lowest BCUT2D eigenvalue weighted by molar-refractivity contribution is 0.252. The van der Waals surface area contributed by atoms with E-state index in [1.54, 1.807) is 0 Å². The van der Waals surface area contributed by atoms with E-state index >= 15 is 0 Å². The van der Waals surface area contributed by atoms with Gasteiger partial charge in [-0.05, 0) is 50.6 Å². The minimum Gasteiger partial charge on any atom is -0.369 e. The Morgan fingerprint density at radius 3 is 2.45 bits per heavy atom. The number of unbranched alkanes of at least 4 members (excludes halogenated alkanes) is 3. The van der Waals surface area contributed by atoms with Crippen LogP contribution in [0.2, 0.25) is 0 Å².